The first-order valence-corrected chi connectivity index (χ1v) is 7.61. The van der Waals surface area contributed by atoms with Crippen molar-refractivity contribution in [2.45, 2.75) is 0 Å². The molecule has 0 bridgehead atoms. The molecule has 1 heterocycles. The van der Waals surface area contributed by atoms with Crippen LogP contribution in [0.1, 0.15) is 11.1 Å². The van der Waals surface area contributed by atoms with Crippen molar-refractivity contribution in [3.8, 4) is 0 Å². The largest absolute Gasteiger partial charge is 0.402 e. The molecule has 0 atom stereocenters. The molecule has 0 N–H and O–H groups in total. The van der Waals surface area contributed by atoms with Crippen LogP contribution in [0.4, 0.5) is 5.69 Å². The summed E-state index contributed by atoms with van der Waals surface area (Å²) in [5, 5.41) is 11.5. The van der Waals surface area contributed by atoms with Crippen molar-refractivity contribution in [2.24, 2.45) is 4.99 Å². The molecule has 25 heavy (non-hydrogen) atoms. The van der Waals surface area contributed by atoms with Crippen molar-refractivity contribution in [1.29, 1.82) is 0 Å². The maximum absolute atomic E-state index is 11.9. The first-order valence-electron chi connectivity index (χ1n) is 7.23. The van der Waals surface area contributed by atoms with Crippen LogP contribution in [0.25, 0.3) is 6.08 Å². The first-order chi connectivity index (χ1) is 12.0. The number of nitrogens with zero attached hydrogens (tertiary/aromatic N) is 2. The van der Waals surface area contributed by atoms with Gasteiger partial charge >= 0.3 is 5.97 Å². The van der Waals surface area contributed by atoms with E-state index in [1.807, 2.05) is 0 Å². The fourth-order valence-corrected chi connectivity index (χ4v) is 2.30. The summed E-state index contributed by atoms with van der Waals surface area (Å²) >= 11 is 5.82. The van der Waals surface area contributed by atoms with Crippen LogP contribution in [0, 0.1) is 10.1 Å². The van der Waals surface area contributed by atoms with E-state index >= 15 is 0 Å². The molecule has 0 saturated carbocycles. The summed E-state index contributed by atoms with van der Waals surface area (Å²) in [6, 6.07) is 13.0. The van der Waals surface area contributed by atoms with Crippen molar-refractivity contribution < 1.29 is 14.5 Å². The van der Waals surface area contributed by atoms with Gasteiger partial charge < -0.3 is 4.74 Å². The summed E-state index contributed by atoms with van der Waals surface area (Å²) in [6.45, 7) is 0. The predicted molar refractivity (Wildman–Crippen MR) is 94.3 cm³/mol. The van der Waals surface area contributed by atoms with Gasteiger partial charge in [0.25, 0.3) is 5.69 Å². The van der Waals surface area contributed by atoms with Gasteiger partial charge in [-0.25, -0.2) is 9.79 Å². The Balaban J connectivity index is 1.83. The van der Waals surface area contributed by atoms with Gasteiger partial charge in [0.15, 0.2) is 5.70 Å². The molecule has 1 aliphatic rings. The monoisotopic (exact) mass is 354 g/mol. The number of aliphatic imine (C=N–C) groups is 1. The third kappa shape index (κ3) is 3.81. The number of benzene rings is 2. The highest BCUT2D eigenvalue weighted by Gasteiger charge is 2.23. The summed E-state index contributed by atoms with van der Waals surface area (Å²) < 4.78 is 5.12. The molecule has 7 heteroatoms. The summed E-state index contributed by atoms with van der Waals surface area (Å²) in [6.07, 6.45) is 4.50. The van der Waals surface area contributed by atoms with Crippen LogP contribution in [0.3, 0.4) is 0 Å². The number of carbonyl (C=O) groups excluding carboxylic acids is 1. The second kappa shape index (κ2) is 7.11. The highest BCUT2D eigenvalue weighted by atomic mass is 35.5. The van der Waals surface area contributed by atoms with Crippen molar-refractivity contribution >= 4 is 35.2 Å². The van der Waals surface area contributed by atoms with Crippen molar-refractivity contribution in [3.05, 3.63) is 92.6 Å². The Hall–Kier alpha value is -3.25. The average Bonchev–Trinajstić information content (AvgIpc) is 2.97. The summed E-state index contributed by atoms with van der Waals surface area (Å²) in [4.78, 5) is 26.5. The summed E-state index contributed by atoms with van der Waals surface area (Å²) in [5.41, 5.74) is 1.15. The van der Waals surface area contributed by atoms with E-state index in [2.05, 4.69) is 4.99 Å². The summed E-state index contributed by atoms with van der Waals surface area (Å²) in [5.74, 6) is -0.399. The molecule has 0 saturated heterocycles. The lowest BCUT2D eigenvalue weighted by molar-refractivity contribution is -0.385. The Labute approximate surface area is 147 Å². The first kappa shape index (κ1) is 16.6. The van der Waals surface area contributed by atoms with Crippen LogP contribution in [0.15, 0.2) is 71.4 Å². The van der Waals surface area contributed by atoms with Crippen molar-refractivity contribution in [2.75, 3.05) is 0 Å². The molecule has 2 aromatic rings. The van der Waals surface area contributed by atoms with Gasteiger partial charge in [-0.2, -0.15) is 0 Å². The van der Waals surface area contributed by atoms with Crippen LogP contribution < -0.4 is 0 Å². The Morgan fingerprint density at radius 1 is 1.12 bits per heavy atom. The molecule has 0 fully saturated rings. The molecule has 0 unspecified atom stereocenters. The molecule has 0 amide bonds. The van der Waals surface area contributed by atoms with Crippen molar-refractivity contribution in [1.82, 2.24) is 0 Å². The molecular formula is C18H11ClN2O4. The molecule has 124 valence electrons. The molecular weight excluding hydrogens is 344 g/mol. The lowest BCUT2D eigenvalue weighted by Crippen LogP contribution is -2.04. The van der Waals surface area contributed by atoms with E-state index in [-0.39, 0.29) is 17.3 Å². The predicted octanol–water partition coefficient (Wildman–Crippen LogP) is 4.15. The highest BCUT2D eigenvalue weighted by Crippen LogP contribution is 2.21. The minimum absolute atomic E-state index is 0.0171. The number of cyclic esters (lactones) is 1. The highest BCUT2D eigenvalue weighted by molar-refractivity contribution is 6.30. The average molecular weight is 355 g/mol. The van der Waals surface area contributed by atoms with E-state index in [0.717, 1.165) is 0 Å². The smallest absolute Gasteiger partial charge is 0.363 e. The standard InChI is InChI=1S/C18H11ClN2O4/c19-14-10-8-13(9-11-14)17-20-15(18(22)25-17)6-3-5-12-4-1-2-7-16(12)21(23)24/h1-11H/b5-3+,15-6-. The van der Waals surface area contributed by atoms with E-state index in [4.69, 9.17) is 16.3 Å². The normalized spacial score (nSPS) is 15.5. The number of rotatable bonds is 4. The van der Waals surface area contributed by atoms with Gasteiger partial charge in [-0.15, -0.1) is 0 Å². The lowest BCUT2D eigenvalue weighted by Gasteiger charge is -1.98. The molecule has 3 rings (SSSR count). The van der Waals surface area contributed by atoms with Gasteiger partial charge in [0.1, 0.15) is 0 Å². The maximum atomic E-state index is 11.9. The van der Waals surface area contributed by atoms with E-state index in [0.29, 0.717) is 16.1 Å². The Morgan fingerprint density at radius 2 is 1.84 bits per heavy atom. The van der Waals surface area contributed by atoms with Gasteiger partial charge in [0.2, 0.25) is 5.90 Å². The third-order valence-electron chi connectivity index (χ3n) is 3.38. The molecule has 1 aliphatic heterocycles. The Morgan fingerprint density at radius 3 is 2.56 bits per heavy atom. The zero-order chi connectivity index (χ0) is 17.8. The lowest BCUT2D eigenvalue weighted by atomic mass is 10.1. The number of para-hydroxylation sites is 1. The van der Waals surface area contributed by atoms with Crippen LogP contribution in [0.5, 0.6) is 0 Å². The van der Waals surface area contributed by atoms with Crippen LogP contribution in [-0.2, 0) is 9.53 Å². The van der Waals surface area contributed by atoms with E-state index in [9.17, 15) is 14.9 Å². The number of esters is 1. The van der Waals surface area contributed by atoms with Crippen LogP contribution >= 0.6 is 11.6 Å². The molecule has 0 aliphatic carbocycles. The number of allylic oxidation sites excluding steroid dienone is 2. The number of nitro groups is 1. The second-order valence-electron chi connectivity index (χ2n) is 5.04. The minimum atomic E-state index is -0.586. The van der Waals surface area contributed by atoms with Gasteiger partial charge in [0, 0.05) is 16.7 Å². The number of ether oxygens (including phenoxy) is 1. The minimum Gasteiger partial charge on any atom is -0.402 e. The fourth-order valence-electron chi connectivity index (χ4n) is 2.18. The number of carbonyl (C=O) groups is 1. The van der Waals surface area contributed by atoms with Crippen LogP contribution in [0.2, 0.25) is 5.02 Å². The number of hydrogen-bond donors (Lipinski definition) is 0. The topological polar surface area (TPSA) is 81.8 Å². The molecule has 0 radical (unpaired) electrons. The van der Waals surface area contributed by atoms with E-state index in [1.165, 1.54) is 24.3 Å². The summed E-state index contributed by atoms with van der Waals surface area (Å²) in [7, 11) is 0. The number of nitro benzene ring substituents is 1. The van der Waals surface area contributed by atoms with E-state index in [1.54, 1.807) is 42.5 Å². The molecule has 0 aromatic heterocycles. The molecule has 2 aromatic carbocycles. The van der Waals surface area contributed by atoms with Gasteiger partial charge in [-0.3, -0.25) is 10.1 Å². The SMILES string of the molecule is O=C1OC(c2ccc(Cl)cc2)=N/C1=C\C=C\c1ccccc1[N+](=O)[O-]. The second-order valence-corrected chi connectivity index (χ2v) is 5.48. The Bertz CT molecular complexity index is 930. The number of hydrogen-bond acceptors (Lipinski definition) is 5. The quantitative estimate of drug-likeness (QED) is 0.357. The van der Waals surface area contributed by atoms with Gasteiger partial charge in [0.05, 0.1) is 10.5 Å². The van der Waals surface area contributed by atoms with Crippen molar-refractivity contribution in [3.63, 3.8) is 0 Å². The fraction of sp³-hybridized carbons (Fsp3) is 0. The third-order valence-corrected chi connectivity index (χ3v) is 3.63. The molecule has 6 nitrogen and oxygen atoms in total. The zero-order valence-electron chi connectivity index (χ0n) is 12.8. The van der Waals surface area contributed by atoms with Crippen LogP contribution in [-0.4, -0.2) is 16.8 Å². The zero-order valence-corrected chi connectivity index (χ0v) is 13.5. The molecule has 0 spiro atoms. The maximum Gasteiger partial charge on any atom is 0.363 e. The van der Waals surface area contributed by atoms with Gasteiger partial charge in [-0.1, -0.05) is 29.8 Å². The number of halogens is 1. The van der Waals surface area contributed by atoms with Gasteiger partial charge in [-0.05, 0) is 42.5 Å². The Kier molecular flexibility index (Phi) is 4.72. The van der Waals surface area contributed by atoms with E-state index < -0.39 is 10.9 Å².